The molecule has 0 aliphatic carbocycles. The van der Waals surface area contributed by atoms with E-state index < -0.39 is 5.82 Å². The molecule has 1 heterocycles. The Morgan fingerprint density at radius 1 is 1.47 bits per heavy atom. The van der Waals surface area contributed by atoms with E-state index in [-0.39, 0.29) is 5.02 Å². The third-order valence-corrected chi connectivity index (χ3v) is 3.63. The maximum atomic E-state index is 13.5. The lowest BCUT2D eigenvalue weighted by atomic mass is 10.3. The van der Waals surface area contributed by atoms with Crippen LogP contribution in [0.15, 0.2) is 12.1 Å². The monoisotopic (exact) mass is 292 g/mol. The number of alkyl halides is 1. The summed E-state index contributed by atoms with van der Waals surface area (Å²) < 4.78 is 15.4. The summed E-state index contributed by atoms with van der Waals surface area (Å²) in [5, 5.41) is 0.0909. The fourth-order valence-corrected chi connectivity index (χ4v) is 2.43. The van der Waals surface area contributed by atoms with Gasteiger partial charge in [-0.05, 0) is 12.3 Å². The maximum Gasteiger partial charge on any atom is 0.144 e. The lowest BCUT2D eigenvalue weighted by Crippen LogP contribution is -2.04. The van der Waals surface area contributed by atoms with E-state index in [0.717, 1.165) is 23.6 Å². The molecule has 0 aliphatic rings. The molecule has 1 aromatic heterocycles. The summed E-state index contributed by atoms with van der Waals surface area (Å²) in [7, 11) is 0. The third kappa shape index (κ3) is 2.54. The van der Waals surface area contributed by atoms with Crippen molar-refractivity contribution in [3.63, 3.8) is 0 Å². The highest BCUT2D eigenvalue weighted by Gasteiger charge is 2.12. The summed E-state index contributed by atoms with van der Waals surface area (Å²) in [6.07, 6.45) is 2.02. The van der Waals surface area contributed by atoms with Crippen LogP contribution in [0.3, 0.4) is 0 Å². The van der Waals surface area contributed by atoms with Gasteiger partial charge in [0.15, 0.2) is 0 Å². The van der Waals surface area contributed by atoms with Gasteiger partial charge in [0, 0.05) is 18.4 Å². The molecule has 0 aliphatic heterocycles. The molecule has 92 valence electrons. The Kier molecular flexibility index (Phi) is 4.17. The van der Waals surface area contributed by atoms with E-state index in [0.29, 0.717) is 11.4 Å². The molecule has 17 heavy (non-hydrogen) atoms. The predicted molar refractivity (Wildman–Crippen MR) is 72.6 cm³/mol. The number of imidazole rings is 1. The van der Waals surface area contributed by atoms with Crippen molar-refractivity contribution in [1.29, 1.82) is 0 Å². The van der Waals surface area contributed by atoms with Crippen LogP contribution in [0.25, 0.3) is 11.0 Å². The number of thioether (sulfide) groups is 1. The minimum Gasteiger partial charge on any atom is -0.326 e. The van der Waals surface area contributed by atoms with Crippen molar-refractivity contribution < 1.29 is 4.39 Å². The van der Waals surface area contributed by atoms with Gasteiger partial charge in [-0.1, -0.05) is 11.6 Å². The normalized spacial score (nSPS) is 11.3. The summed E-state index contributed by atoms with van der Waals surface area (Å²) in [6, 6.07) is 2.96. The van der Waals surface area contributed by atoms with Gasteiger partial charge in [-0.15, -0.1) is 11.6 Å². The second-order valence-corrected chi connectivity index (χ2v) is 5.22. The molecule has 0 amide bonds. The van der Waals surface area contributed by atoms with Gasteiger partial charge in [0.1, 0.15) is 11.6 Å². The van der Waals surface area contributed by atoms with Gasteiger partial charge in [-0.25, -0.2) is 9.37 Å². The van der Waals surface area contributed by atoms with Crippen LogP contribution >= 0.6 is 35.0 Å². The number of hydrogen-bond donors (Lipinski definition) is 0. The summed E-state index contributed by atoms with van der Waals surface area (Å²) in [6.45, 7) is 0.765. The fraction of sp³-hybridized carbons (Fsp3) is 0.364. The molecule has 2 nitrogen and oxygen atoms in total. The number of aromatic nitrogens is 2. The maximum absolute atomic E-state index is 13.5. The first kappa shape index (κ1) is 13.0. The SMILES string of the molecule is CSCCn1c(CCl)nc2cc(Cl)c(F)cc21. The molecule has 0 fully saturated rings. The van der Waals surface area contributed by atoms with Gasteiger partial charge in [-0.3, -0.25) is 0 Å². The Hall–Kier alpha value is -0.450. The Morgan fingerprint density at radius 3 is 2.88 bits per heavy atom. The first-order valence-electron chi connectivity index (χ1n) is 5.06. The first-order chi connectivity index (χ1) is 8.17. The molecule has 1 aromatic carbocycles. The molecule has 0 N–H and O–H groups in total. The van der Waals surface area contributed by atoms with Gasteiger partial charge in [-0.2, -0.15) is 11.8 Å². The largest absolute Gasteiger partial charge is 0.326 e. The van der Waals surface area contributed by atoms with Crippen LogP contribution in [0.4, 0.5) is 4.39 Å². The zero-order chi connectivity index (χ0) is 12.4. The van der Waals surface area contributed by atoms with Crippen LogP contribution in [0.1, 0.15) is 5.82 Å². The second-order valence-electron chi connectivity index (χ2n) is 3.56. The third-order valence-electron chi connectivity index (χ3n) is 2.51. The zero-order valence-corrected chi connectivity index (χ0v) is 11.5. The van der Waals surface area contributed by atoms with Crippen molar-refractivity contribution >= 4 is 46.0 Å². The van der Waals surface area contributed by atoms with Gasteiger partial charge in [0.25, 0.3) is 0 Å². The van der Waals surface area contributed by atoms with Gasteiger partial charge in [0.05, 0.1) is 21.9 Å². The van der Waals surface area contributed by atoms with Crippen molar-refractivity contribution in [1.82, 2.24) is 9.55 Å². The number of fused-ring (bicyclic) bond motifs is 1. The Balaban J connectivity index is 2.57. The number of benzene rings is 1. The van der Waals surface area contributed by atoms with Crippen LogP contribution < -0.4 is 0 Å². The first-order valence-corrected chi connectivity index (χ1v) is 7.37. The van der Waals surface area contributed by atoms with E-state index in [2.05, 4.69) is 4.98 Å². The Bertz CT molecular complexity index is 542. The van der Waals surface area contributed by atoms with E-state index in [1.165, 1.54) is 12.1 Å². The van der Waals surface area contributed by atoms with Crippen LogP contribution in [0.2, 0.25) is 5.02 Å². The highest BCUT2D eigenvalue weighted by molar-refractivity contribution is 7.98. The molecule has 0 saturated heterocycles. The fourth-order valence-electron chi connectivity index (χ4n) is 1.70. The van der Waals surface area contributed by atoms with Crippen molar-refractivity contribution in [3.05, 3.63) is 28.8 Å². The number of aryl methyl sites for hydroxylation is 1. The van der Waals surface area contributed by atoms with Gasteiger partial charge >= 0.3 is 0 Å². The lowest BCUT2D eigenvalue weighted by Gasteiger charge is -2.06. The quantitative estimate of drug-likeness (QED) is 0.795. The molecule has 0 spiro atoms. The molecule has 0 unspecified atom stereocenters. The van der Waals surface area contributed by atoms with E-state index in [4.69, 9.17) is 23.2 Å². The predicted octanol–water partition coefficient (Wildman–Crippen LogP) is 3.93. The molecular formula is C11H11Cl2FN2S. The lowest BCUT2D eigenvalue weighted by molar-refractivity contribution is 0.628. The topological polar surface area (TPSA) is 17.8 Å². The molecule has 0 radical (unpaired) electrons. The van der Waals surface area contributed by atoms with Crippen molar-refractivity contribution in [2.75, 3.05) is 12.0 Å². The Morgan fingerprint density at radius 2 is 2.24 bits per heavy atom. The zero-order valence-electron chi connectivity index (χ0n) is 9.21. The average molecular weight is 293 g/mol. The average Bonchev–Trinajstić information content (AvgIpc) is 2.64. The molecular weight excluding hydrogens is 282 g/mol. The minimum atomic E-state index is -0.425. The highest BCUT2D eigenvalue weighted by atomic mass is 35.5. The summed E-state index contributed by atoms with van der Waals surface area (Å²) >= 11 is 13.3. The molecule has 0 saturated carbocycles. The van der Waals surface area contributed by atoms with E-state index in [1.807, 2.05) is 10.8 Å². The highest BCUT2D eigenvalue weighted by Crippen LogP contribution is 2.24. The molecule has 6 heteroatoms. The van der Waals surface area contributed by atoms with Crippen LogP contribution in [-0.4, -0.2) is 21.6 Å². The molecule has 2 aromatic rings. The summed E-state index contributed by atoms with van der Waals surface area (Å²) in [5.74, 6) is 1.56. The number of halogens is 3. The summed E-state index contributed by atoms with van der Waals surface area (Å²) in [4.78, 5) is 4.36. The van der Waals surface area contributed by atoms with Gasteiger partial charge in [0.2, 0.25) is 0 Å². The van der Waals surface area contributed by atoms with E-state index >= 15 is 0 Å². The van der Waals surface area contributed by atoms with Crippen molar-refractivity contribution in [2.45, 2.75) is 12.4 Å². The van der Waals surface area contributed by atoms with E-state index in [1.54, 1.807) is 11.8 Å². The molecule has 2 rings (SSSR count). The number of nitrogens with zero attached hydrogens (tertiary/aromatic N) is 2. The van der Waals surface area contributed by atoms with Crippen molar-refractivity contribution in [3.8, 4) is 0 Å². The minimum absolute atomic E-state index is 0.0909. The Labute approximate surface area is 113 Å². The van der Waals surface area contributed by atoms with Crippen LogP contribution in [-0.2, 0) is 12.4 Å². The smallest absolute Gasteiger partial charge is 0.144 e. The number of hydrogen-bond acceptors (Lipinski definition) is 2. The van der Waals surface area contributed by atoms with Crippen LogP contribution in [0.5, 0.6) is 0 Å². The van der Waals surface area contributed by atoms with Gasteiger partial charge < -0.3 is 4.57 Å². The molecule has 0 atom stereocenters. The summed E-state index contributed by atoms with van der Waals surface area (Å²) in [5.41, 5.74) is 1.43. The molecule has 0 bridgehead atoms. The number of rotatable bonds is 4. The van der Waals surface area contributed by atoms with E-state index in [9.17, 15) is 4.39 Å². The second kappa shape index (κ2) is 5.46. The van der Waals surface area contributed by atoms with Crippen LogP contribution in [0, 0.1) is 5.82 Å². The van der Waals surface area contributed by atoms with Crippen molar-refractivity contribution in [2.24, 2.45) is 0 Å². The standard InChI is InChI=1S/C11H11Cl2FN2S/c1-17-3-2-16-10-5-8(14)7(13)4-9(10)15-11(16)6-12/h4-5H,2-3,6H2,1H3.